The van der Waals surface area contributed by atoms with E-state index in [4.69, 9.17) is 0 Å². The highest BCUT2D eigenvalue weighted by molar-refractivity contribution is 5.38. The van der Waals surface area contributed by atoms with Gasteiger partial charge in [0.1, 0.15) is 0 Å². The molecular weight excluding hydrogens is 376 g/mol. The third-order valence-corrected chi connectivity index (χ3v) is 12.3. The molecule has 0 bridgehead atoms. The molecular formula is C30H52O. The Labute approximate surface area is 193 Å². The van der Waals surface area contributed by atoms with E-state index < -0.39 is 0 Å². The van der Waals surface area contributed by atoms with E-state index >= 15 is 0 Å². The number of aliphatic hydroxyl groups is 1. The molecule has 4 aliphatic rings. The third kappa shape index (κ3) is 3.50. The summed E-state index contributed by atoms with van der Waals surface area (Å²) in [5, 5.41) is 10.6. The first-order valence-electron chi connectivity index (χ1n) is 13.9. The standard InChI is InChI=1S/C30H52O/c1-19(2)20(3)9-10-21(4)23-13-17-30(8)26-12-11-24-22(5)27(31)15-16-28(24,6)25(26)14-18-29(23,30)7/h19-24,27,31H,9-18H2,1-8H3/t20-,21-,22+,23-,24-,27+,28+,29-,30+/m1/s1. The quantitative estimate of drug-likeness (QED) is 0.436. The van der Waals surface area contributed by atoms with Crippen LogP contribution >= 0.6 is 0 Å². The van der Waals surface area contributed by atoms with Crippen molar-refractivity contribution in [3.05, 3.63) is 11.1 Å². The van der Waals surface area contributed by atoms with E-state index in [1.807, 2.05) is 11.1 Å². The van der Waals surface area contributed by atoms with E-state index in [0.717, 1.165) is 30.1 Å². The maximum absolute atomic E-state index is 10.6. The first-order valence-corrected chi connectivity index (χ1v) is 13.9. The summed E-state index contributed by atoms with van der Waals surface area (Å²) in [7, 11) is 0. The smallest absolute Gasteiger partial charge is 0.0569 e. The van der Waals surface area contributed by atoms with E-state index in [1.165, 1.54) is 57.8 Å². The Hall–Kier alpha value is -0.300. The molecule has 1 heteroatoms. The molecule has 1 nitrogen and oxygen atoms in total. The second kappa shape index (κ2) is 8.18. The number of hydrogen-bond donors (Lipinski definition) is 1. The van der Waals surface area contributed by atoms with Gasteiger partial charge in [-0.1, -0.05) is 79.4 Å². The van der Waals surface area contributed by atoms with Crippen molar-refractivity contribution in [1.29, 1.82) is 0 Å². The van der Waals surface area contributed by atoms with E-state index in [-0.39, 0.29) is 6.10 Å². The summed E-state index contributed by atoms with van der Waals surface area (Å²) in [6.07, 6.45) is 13.2. The van der Waals surface area contributed by atoms with Crippen molar-refractivity contribution in [2.24, 2.45) is 51.8 Å². The number of aliphatic hydroxyl groups excluding tert-OH is 1. The Kier molecular flexibility index (Phi) is 6.29. The number of rotatable bonds is 5. The van der Waals surface area contributed by atoms with Crippen molar-refractivity contribution in [3.63, 3.8) is 0 Å². The summed E-state index contributed by atoms with van der Waals surface area (Å²) >= 11 is 0. The highest BCUT2D eigenvalue weighted by Gasteiger charge is 2.62. The molecule has 31 heavy (non-hydrogen) atoms. The van der Waals surface area contributed by atoms with Gasteiger partial charge in [0.2, 0.25) is 0 Å². The lowest BCUT2D eigenvalue weighted by atomic mass is 9.45. The summed E-state index contributed by atoms with van der Waals surface area (Å²) in [6.45, 7) is 20.1. The van der Waals surface area contributed by atoms with Crippen LogP contribution in [0.15, 0.2) is 11.1 Å². The largest absolute Gasteiger partial charge is 0.393 e. The summed E-state index contributed by atoms with van der Waals surface area (Å²) in [5.74, 6) is 4.56. The molecule has 0 aromatic carbocycles. The normalized spacial score (nSPS) is 47.0. The van der Waals surface area contributed by atoms with Gasteiger partial charge < -0.3 is 5.11 Å². The van der Waals surface area contributed by atoms with Crippen LogP contribution < -0.4 is 0 Å². The zero-order valence-electron chi connectivity index (χ0n) is 22.1. The van der Waals surface area contributed by atoms with Crippen molar-refractivity contribution in [3.8, 4) is 0 Å². The minimum Gasteiger partial charge on any atom is -0.393 e. The highest BCUT2D eigenvalue weighted by Crippen LogP contribution is 2.71. The molecule has 2 saturated carbocycles. The average molecular weight is 429 g/mol. The SMILES string of the molecule is CC(C)[C@H](C)CC[C@@H](C)[C@H]1CC[C@@]2(C)C3=C(CC[C@]12C)[C@@]1(C)CC[C@H](O)[C@@H](C)[C@H]1CC3. The fraction of sp³-hybridized carbons (Fsp3) is 0.933. The zero-order chi connectivity index (χ0) is 22.8. The molecule has 0 radical (unpaired) electrons. The molecule has 0 aliphatic heterocycles. The predicted molar refractivity (Wildman–Crippen MR) is 133 cm³/mol. The molecule has 4 aliphatic carbocycles. The maximum Gasteiger partial charge on any atom is 0.0569 e. The average Bonchev–Trinajstić information content (AvgIpc) is 3.00. The fourth-order valence-corrected chi connectivity index (χ4v) is 9.31. The summed E-state index contributed by atoms with van der Waals surface area (Å²) in [4.78, 5) is 0. The minimum atomic E-state index is -0.0744. The van der Waals surface area contributed by atoms with Crippen molar-refractivity contribution < 1.29 is 5.11 Å². The van der Waals surface area contributed by atoms with Gasteiger partial charge in [0, 0.05) is 0 Å². The first-order chi connectivity index (χ1) is 14.5. The van der Waals surface area contributed by atoms with Crippen LogP contribution in [-0.4, -0.2) is 11.2 Å². The summed E-state index contributed by atoms with van der Waals surface area (Å²) < 4.78 is 0. The van der Waals surface area contributed by atoms with Gasteiger partial charge in [-0.2, -0.15) is 0 Å². The van der Waals surface area contributed by atoms with Crippen LogP contribution in [0.3, 0.4) is 0 Å². The van der Waals surface area contributed by atoms with Crippen LogP contribution in [0.5, 0.6) is 0 Å². The van der Waals surface area contributed by atoms with Crippen molar-refractivity contribution in [1.82, 2.24) is 0 Å². The Bertz CT molecular complexity index is 705. The number of allylic oxidation sites excluding steroid dienone is 2. The van der Waals surface area contributed by atoms with E-state index in [1.54, 1.807) is 0 Å². The number of fused-ring (bicyclic) bond motifs is 4. The maximum atomic E-state index is 10.6. The van der Waals surface area contributed by atoms with E-state index in [9.17, 15) is 5.11 Å². The van der Waals surface area contributed by atoms with Crippen LogP contribution in [0.2, 0.25) is 0 Å². The van der Waals surface area contributed by atoms with Gasteiger partial charge in [-0.05, 0) is 103 Å². The van der Waals surface area contributed by atoms with E-state index in [0.29, 0.717) is 28.1 Å². The van der Waals surface area contributed by atoms with E-state index in [2.05, 4.69) is 55.4 Å². The Balaban J connectivity index is 1.60. The van der Waals surface area contributed by atoms with Gasteiger partial charge in [-0.15, -0.1) is 0 Å². The fourth-order valence-electron chi connectivity index (χ4n) is 9.31. The van der Waals surface area contributed by atoms with Gasteiger partial charge in [0.05, 0.1) is 6.10 Å². The second-order valence-electron chi connectivity index (χ2n) is 13.7. The lowest BCUT2D eigenvalue weighted by Crippen LogP contribution is -2.51. The third-order valence-electron chi connectivity index (χ3n) is 12.3. The molecule has 4 rings (SSSR count). The molecule has 0 heterocycles. The molecule has 9 atom stereocenters. The lowest BCUT2D eigenvalue weighted by molar-refractivity contribution is -0.0414. The molecule has 0 aromatic rings. The van der Waals surface area contributed by atoms with Crippen molar-refractivity contribution in [2.75, 3.05) is 0 Å². The monoisotopic (exact) mass is 428 g/mol. The van der Waals surface area contributed by atoms with Crippen molar-refractivity contribution in [2.45, 2.75) is 126 Å². The highest BCUT2D eigenvalue weighted by atomic mass is 16.3. The molecule has 1 N–H and O–H groups in total. The van der Waals surface area contributed by atoms with Gasteiger partial charge in [0.25, 0.3) is 0 Å². The van der Waals surface area contributed by atoms with Crippen LogP contribution in [0.4, 0.5) is 0 Å². The van der Waals surface area contributed by atoms with Crippen LogP contribution in [0, 0.1) is 51.8 Å². The lowest BCUT2D eigenvalue weighted by Gasteiger charge is -2.60. The molecule has 0 spiro atoms. The molecule has 2 fully saturated rings. The summed E-state index contributed by atoms with van der Waals surface area (Å²) in [5.41, 5.74) is 5.01. The van der Waals surface area contributed by atoms with Gasteiger partial charge >= 0.3 is 0 Å². The van der Waals surface area contributed by atoms with Crippen molar-refractivity contribution >= 4 is 0 Å². The minimum absolute atomic E-state index is 0.0744. The molecule has 0 amide bonds. The van der Waals surface area contributed by atoms with Crippen LogP contribution in [0.1, 0.15) is 120 Å². The molecule has 0 unspecified atom stereocenters. The zero-order valence-corrected chi connectivity index (χ0v) is 22.1. The summed E-state index contributed by atoms with van der Waals surface area (Å²) in [6, 6.07) is 0. The Morgan fingerprint density at radius 3 is 2.26 bits per heavy atom. The molecule has 0 saturated heterocycles. The van der Waals surface area contributed by atoms with Gasteiger partial charge in [0.15, 0.2) is 0 Å². The van der Waals surface area contributed by atoms with Crippen LogP contribution in [-0.2, 0) is 0 Å². The second-order valence-corrected chi connectivity index (χ2v) is 13.7. The van der Waals surface area contributed by atoms with Gasteiger partial charge in [-0.25, -0.2) is 0 Å². The topological polar surface area (TPSA) is 20.2 Å². The van der Waals surface area contributed by atoms with Gasteiger partial charge in [-0.3, -0.25) is 0 Å². The van der Waals surface area contributed by atoms with Crippen LogP contribution in [0.25, 0.3) is 0 Å². The number of hydrogen-bond acceptors (Lipinski definition) is 1. The molecule has 178 valence electrons. The Morgan fingerprint density at radius 2 is 1.58 bits per heavy atom. The first kappa shape index (κ1) is 23.8. The molecule has 0 aromatic heterocycles. The predicted octanol–water partition coefficient (Wildman–Crippen LogP) is 8.41. The Morgan fingerprint density at radius 1 is 0.871 bits per heavy atom.